The van der Waals surface area contributed by atoms with Gasteiger partial charge in [-0.05, 0) is 77.4 Å². The van der Waals surface area contributed by atoms with Gasteiger partial charge in [0, 0.05) is 40.3 Å². The molecule has 0 amide bonds. The summed E-state index contributed by atoms with van der Waals surface area (Å²) in [4.78, 5) is 0. The van der Waals surface area contributed by atoms with Gasteiger partial charge in [-0.1, -0.05) is 231 Å². The average Bonchev–Trinajstić information content (AvgIpc) is 3.95. The summed E-state index contributed by atoms with van der Waals surface area (Å²) in [5.41, 5.74) is 9.94. The first-order valence-corrected chi connectivity index (χ1v) is 25.2. The molecule has 0 aliphatic rings. The Labute approximate surface area is 376 Å². The third kappa shape index (κ3) is 6.39. The second-order valence-corrected chi connectivity index (χ2v) is 22.3. The molecule has 0 unspecified atom stereocenters. The smallest absolute Gasteiger partial charge is 0.135 e. The van der Waals surface area contributed by atoms with E-state index >= 15 is 0 Å². The van der Waals surface area contributed by atoms with Crippen LogP contribution in [0.5, 0.6) is 0 Å². The number of thiophene rings is 2. The Kier molecular flexibility index (Phi) is 9.34. The normalized spacial score (nSPS) is 11.8. The first kappa shape index (κ1) is 37.6. The van der Waals surface area contributed by atoms with Gasteiger partial charge in [0.1, 0.15) is 0 Å². The van der Waals surface area contributed by atoms with Crippen LogP contribution in [0.3, 0.4) is 0 Å². The molecule has 12 aromatic rings. The molecule has 63 heavy (non-hydrogen) atoms. The van der Waals surface area contributed by atoms with Gasteiger partial charge in [0.05, 0.1) is 0 Å². The van der Waals surface area contributed by atoms with E-state index in [1.165, 1.54) is 106 Å². The standard InChI is InChI=1S/C60H40S2Si/c1-3-15-41(16-4-1)45-19-11-21-49(39-45)63(50-22-12-20-46(40-50)42-17-5-2-6-18-42,47-35-31-43(32-36-47)51-25-13-27-55-53-23-7-9-29-57(53)61-59(51)55)48-37-33-44(34-38-48)52-26-14-28-56-54-24-8-10-30-58(54)62-60(52)56/h1-40H. The minimum absolute atomic E-state index is 1.22. The maximum Gasteiger partial charge on any atom is 0.179 e. The maximum atomic E-state index is 2.48. The molecule has 0 bridgehead atoms. The molecule has 10 aromatic carbocycles. The van der Waals surface area contributed by atoms with Crippen LogP contribution in [-0.2, 0) is 0 Å². The van der Waals surface area contributed by atoms with Crippen LogP contribution in [-0.4, -0.2) is 8.07 Å². The molecule has 0 saturated carbocycles. The lowest BCUT2D eigenvalue weighted by Gasteiger charge is -2.35. The highest BCUT2D eigenvalue weighted by Gasteiger charge is 2.42. The van der Waals surface area contributed by atoms with Crippen LogP contribution in [0.25, 0.3) is 84.9 Å². The summed E-state index contributed by atoms with van der Waals surface area (Å²) >= 11 is 3.79. The number of rotatable bonds is 8. The Balaban J connectivity index is 1.10. The Morgan fingerprint density at radius 2 is 0.603 bits per heavy atom. The summed E-state index contributed by atoms with van der Waals surface area (Å²) in [6.07, 6.45) is 0. The van der Waals surface area contributed by atoms with E-state index in [2.05, 4.69) is 243 Å². The zero-order chi connectivity index (χ0) is 41.7. The quantitative estimate of drug-likeness (QED) is 0.106. The van der Waals surface area contributed by atoms with Crippen molar-refractivity contribution in [2.45, 2.75) is 0 Å². The Hall–Kier alpha value is -7.14. The molecule has 0 atom stereocenters. The molecular weight excluding hydrogens is 813 g/mol. The monoisotopic (exact) mass is 852 g/mol. The fourth-order valence-corrected chi connectivity index (χ4v) is 17.1. The molecule has 0 nitrogen and oxygen atoms in total. The first-order valence-electron chi connectivity index (χ1n) is 21.6. The lowest BCUT2D eigenvalue weighted by atomic mass is 10.0. The van der Waals surface area contributed by atoms with Gasteiger partial charge in [0.15, 0.2) is 8.07 Å². The van der Waals surface area contributed by atoms with E-state index in [0.717, 1.165) is 0 Å². The van der Waals surface area contributed by atoms with Crippen molar-refractivity contribution < 1.29 is 0 Å². The number of benzene rings is 10. The predicted octanol–water partition coefficient (Wildman–Crippen LogP) is 14.5. The molecule has 296 valence electrons. The SMILES string of the molecule is c1ccc(-c2cccc([Si](c3ccc(-c4cccc5c4sc4ccccc45)cc3)(c3ccc(-c4cccc5c4sc4ccccc45)cc3)c3cccc(-c4ccccc4)c3)c2)cc1. The second kappa shape index (κ2) is 15.6. The van der Waals surface area contributed by atoms with Gasteiger partial charge in [-0.2, -0.15) is 0 Å². The molecule has 2 heterocycles. The molecule has 12 rings (SSSR count). The summed E-state index contributed by atoms with van der Waals surface area (Å²) in [5.74, 6) is 0. The number of fused-ring (bicyclic) bond motifs is 6. The van der Waals surface area contributed by atoms with Gasteiger partial charge in [0.2, 0.25) is 0 Å². The lowest BCUT2D eigenvalue weighted by Crippen LogP contribution is -2.74. The maximum absolute atomic E-state index is 3.03. The van der Waals surface area contributed by atoms with E-state index < -0.39 is 8.07 Å². The minimum atomic E-state index is -3.03. The third-order valence-electron chi connectivity index (χ3n) is 12.9. The first-order chi connectivity index (χ1) is 31.2. The summed E-state index contributed by atoms with van der Waals surface area (Å²) < 4.78 is 5.33. The zero-order valence-electron chi connectivity index (χ0n) is 34.4. The fraction of sp³-hybridized carbons (Fsp3) is 0. The van der Waals surface area contributed by atoms with E-state index in [9.17, 15) is 0 Å². The minimum Gasteiger partial charge on any atom is -0.135 e. The van der Waals surface area contributed by atoms with Crippen LogP contribution in [0.2, 0.25) is 0 Å². The van der Waals surface area contributed by atoms with Crippen molar-refractivity contribution in [1.82, 2.24) is 0 Å². The van der Waals surface area contributed by atoms with Crippen molar-refractivity contribution in [3.05, 3.63) is 243 Å². The highest BCUT2D eigenvalue weighted by atomic mass is 32.1. The number of hydrogen-bond donors (Lipinski definition) is 0. The Morgan fingerprint density at radius 1 is 0.238 bits per heavy atom. The lowest BCUT2D eigenvalue weighted by molar-refractivity contribution is 1.61. The molecule has 3 heteroatoms. The van der Waals surface area contributed by atoms with Gasteiger partial charge in [-0.15, -0.1) is 22.7 Å². The molecule has 0 radical (unpaired) electrons. The van der Waals surface area contributed by atoms with E-state index in [-0.39, 0.29) is 0 Å². The van der Waals surface area contributed by atoms with Gasteiger partial charge in [0.25, 0.3) is 0 Å². The van der Waals surface area contributed by atoms with Crippen molar-refractivity contribution in [2.75, 3.05) is 0 Å². The fourth-order valence-electron chi connectivity index (χ4n) is 9.87. The van der Waals surface area contributed by atoms with Gasteiger partial charge in [-0.25, -0.2) is 0 Å². The van der Waals surface area contributed by atoms with Gasteiger partial charge >= 0.3 is 0 Å². The average molecular weight is 853 g/mol. The number of hydrogen-bond acceptors (Lipinski definition) is 2. The van der Waals surface area contributed by atoms with Crippen LogP contribution < -0.4 is 20.7 Å². The molecule has 0 fully saturated rings. The summed E-state index contributed by atoms with van der Waals surface area (Å²) in [6.45, 7) is 0. The van der Waals surface area contributed by atoms with Crippen molar-refractivity contribution >= 4 is 91.8 Å². The summed E-state index contributed by atoms with van der Waals surface area (Å²) in [5, 5.41) is 10.7. The van der Waals surface area contributed by atoms with Crippen LogP contribution in [0.4, 0.5) is 0 Å². The summed E-state index contributed by atoms with van der Waals surface area (Å²) in [6, 6.07) is 91.0. The summed E-state index contributed by atoms with van der Waals surface area (Å²) in [7, 11) is -3.03. The van der Waals surface area contributed by atoms with Gasteiger partial charge in [-0.3, -0.25) is 0 Å². The predicted molar refractivity (Wildman–Crippen MR) is 278 cm³/mol. The van der Waals surface area contributed by atoms with Crippen LogP contribution in [0.15, 0.2) is 243 Å². The van der Waals surface area contributed by atoms with E-state index in [1.807, 2.05) is 22.7 Å². The highest BCUT2D eigenvalue weighted by molar-refractivity contribution is 7.26. The van der Waals surface area contributed by atoms with E-state index in [1.54, 1.807) is 0 Å². The highest BCUT2D eigenvalue weighted by Crippen LogP contribution is 2.41. The topological polar surface area (TPSA) is 0 Å². The third-order valence-corrected chi connectivity index (χ3v) is 20.1. The van der Waals surface area contributed by atoms with Crippen LogP contribution >= 0.6 is 22.7 Å². The van der Waals surface area contributed by atoms with E-state index in [4.69, 9.17) is 0 Å². The molecule has 0 N–H and O–H groups in total. The van der Waals surface area contributed by atoms with Crippen LogP contribution in [0.1, 0.15) is 0 Å². The molecule has 0 saturated heterocycles. The zero-order valence-corrected chi connectivity index (χ0v) is 37.0. The van der Waals surface area contributed by atoms with Crippen molar-refractivity contribution in [2.24, 2.45) is 0 Å². The molecule has 2 aromatic heterocycles. The van der Waals surface area contributed by atoms with Crippen molar-refractivity contribution in [1.29, 1.82) is 0 Å². The van der Waals surface area contributed by atoms with E-state index in [0.29, 0.717) is 0 Å². The largest absolute Gasteiger partial charge is 0.179 e. The molecular formula is C60H40S2Si. The molecule has 0 aliphatic heterocycles. The Bertz CT molecular complexity index is 3360. The molecule has 0 aliphatic carbocycles. The van der Waals surface area contributed by atoms with Crippen molar-refractivity contribution in [3.63, 3.8) is 0 Å². The van der Waals surface area contributed by atoms with Gasteiger partial charge < -0.3 is 0 Å². The second-order valence-electron chi connectivity index (χ2n) is 16.4. The molecule has 0 spiro atoms. The Morgan fingerprint density at radius 3 is 1.05 bits per heavy atom. The van der Waals surface area contributed by atoms with Crippen LogP contribution in [0, 0.1) is 0 Å². The van der Waals surface area contributed by atoms with Crippen molar-refractivity contribution in [3.8, 4) is 44.5 Å².